The predicted octanol–water partition coefficient (Wildman–Crippen LogP) is 3.65. The number of methoxy groups -OCH3 is 1. The number of hydrogen-bond acceptors (Lipinski definition) is 3. The summed E-state index contributed by atoms with van der Waals surface area (Å²) in [5, 5.41) is 0.663. The number of fused-ring (bicyclic) bond motifs is 1. The summed E-state index contributed by atoms with van der Waals surface area (Å²) in [5.74, 6) is 0.651. The Morgan fingerprint density at radius 1 is 1.24 bits per heavy atom. The van der Waals surface area contributed by atoms with Crippen molar-refractivity contribution in [1.29, 1.82) is 0 Å². The van der Waals surface area contributed by atoms with Crippen molar-refractivity contribution in [2.24, 2.45) is 0 Å². The Balaban J connectivity index is 2.34. The van der Waals surface area contributed by atoms with Gasteiger partial charge in [0.05, 0.1) is 23.7 Å². The van der Waals surface area contributed by atoms with Gasteiger partial charge in [0.1, 0.15) is 5.75 Å². The molecule has 0 amide bonds. The summed E-state index contributed by atoms with van der Waals surface area (Å²) in [6.45, 7) is 0. The van der Waals surface area contributed by atoms with Gasteiger partial charge in [0.15, 0.2) is 0 Å². The highest BCUT2D eigenvalue weighted by Crippen LogP contribution is 2.20. The Labute approximate surface area is 139 Å². The fourth-order valence-corrected chi connectivity index (χ4v) is 2.86. The molecule has 0 aliphatic carbocycles. The second-order valence-corrected chi connectivity index (χ2v) is 5.97. The monoisotopic (exact) mass is 412 g/mol. The van der Waals surface area contributed by atoms with Crippen LogP contribution in [0.15, 0.2) is 47.3 Å². The minimum absolute atomic E-state index is 0.127. The van der Waals surface area contributed by atoms with Gasteiger partial charge in [-0.1, -0.05) is 6.07 Å². The van der Waals surface area contributed by atoms with Crippen molar-refractivity contribution in [3.05, 3.63) is 61.7 Å². The van der Waals surface area contributed by atoms with E-state index in [2.05, 4.69) is 27.6 Å². The Kier molecular flexibility index (Phi) is 3.86. The van der Waals surface area contributed by atoms with Gasteiger partial charge in [0.2, 0.25) is 5.28 Å². The van der Waals surface area contributed by atoms with Crippen molar-refractivity contribution in [2.45, 2.75) is 0 Å². The van der Waals surface area contributed by atoms with E-state index in [1.54, 1.807) is 43.5 Å². The minimum atomic E-state index is -0.197. The Morgan fingerprint density at radius 3 is 2.81 bits per heavy atom. The zero-order valence-corrected chi connectivity index (χ0v) is 13.9. The topological polar surface area (TPSA) is 44.1 Å². The van der Waals surface area contributed by atoms with Crippen LogP contribution >= 0.6 is 34.2 Å². The van der Waals surface area contributed by atoms with Crippen LogP contribution in [0.5, 0.6) is 5.75 Å². The molecule has 0 bridgehead atoms. The molecule has 4 nitrogen and oxygen atoms in total. The Hall–Kier alpha value is -1.60. The molecule has 0 radical (unpaired) electrons. The second kappa shape index (κ2) is 5.65. The van der Waals surface area contributed by atoms with Crippen molar-refractivity contribution < 1.29 is 4.74 Å². The van der Waals surface area contributed by atoms with Gasteiger partial charge in [-0.25, -0.2) is 4.98 Å². The molecule has 3 aromatic rings. The summed E-state index contributed by atoms with van der Waals surface area (Å²) in [6.07, 6.45) is 0. The maximum absolute atomic E-state index is 12.7. The van der Waals surface area contributed by atoms with E-state index >= 15 is 0 Å². The van der Waals surface area contributed by atoms with E-state index in [4.69, 9.17) is 16.3 Å². The first-order valence-corrected chi connectivity index (χ1v) is 7.58. The van der Waals surface area contributed by atoms with Gasteiger partial charge in [-0.2, -0.15) is 0 Å². The number of ether oxygens (including phenoxy) is 1. The highest BCUT2D eigenvalue weighted by molar-refractivity contribution is 14.1. The van der Waals surface area contributed by atoms with E-state index in [0.29, 0.717) is 22.3 Å². The predicted molar refractivity (Wildman–Crippen MR) is 91.6 cm³/mol. The molecule has 6 heteroatoms. The van der Waals surface area contributed by atoms with Crippen LogP contribution in [0, 0.1) is 3.57 Å². The Morgan fingerprint density at radius 2 is 2.05 bits per heavy atom. The molecular formula is C15H10ClIN2O2. The van der Waals surface area contributed by atoms with Crippen LogP contribution in [0.2, 0.25) is 5.28 Å². The molecule has 3 rings (SSSR count). The summed E-state index contributed by atoms with van der Waals surface area (Å²) >= 11 is 8.35. The third-order valence-electron chi connectivity index (χ3n) is 3.10. The van der Waals surface area contributed by atoms with Gasteiger partial charge in [0, 0.05) is 9.64 Å². The van der Waals surface area contributed by atoms with Crippen LogP contribution in [-0.2, 0) is 0 Å². The van der Waals surface area contributed by atoms with Crippen molar-refractivity contribution in [3.8, 4) is 11.4 Å². The molecule has 1 heterocycles. The van der Waals surface area contributed by atoms with Crippen LogP contribution < -0.4 is 10.3 Å². The fourth-order valence-electron chi connectivity index (χ4n) is 2.10. The number of hydrogen-bond donors (Lipinski definition) is 0. The highest BCUT2D eigenvalue weighted by Gasteiger charge is 2.12. The molecule has 1 aromatic heterocycles. The maximum atomic E-state index is 12.7. The average molecular weight is 413 g/mol. The molecule has 21 heavy (non-hydrogen) atoms. The van der Waals surface area contributed by atoms with Gasteiger partial charge in [-0.15, -0.1) is 0 Å². The first-order chi connectivity index (χ1) is 10.1. The molecule has 2 aromatic carbocycles. The maximum Gasteiger partial charge on any atom is 0.266 e. The van der Waals surface area contributed by atoms with Crippen molar-refractivity contribution >= 4 is 45.1 Å². The lowest BCUT2D eigenvalue weighted by Gasteiger charge is -2.10. The SMILES string of the molecule is COc1cccc(-n2c(Cl)nc3ccc(I)cc3c2=O)c1. The number of aromatic nitrogens is 2. The molecule has 0 saturated heterocycles. The third kappa shape index (κ3) is 2.63. The second-order valence-electron chi connectivity index (χ2n) is 4.38. The lowest BCUT2D eigenvalue weighted by molar-refractivity contribution is 0.414. The molecule has 106 valence electrons. The third-order valence-corrected chi connectivity index (χ3v) is 4.03. The number of rotatable bonds is 2. The van der Waals surface area contributed by atoms with E-state index in [0.717, 1.165) is 3.57 Å². The van der Waals surface area contributed by atoms with Gasteiger partial charge in [-0.3, -0.25) is 9.36 Å². The van der Waals surface area contributed by atoms with Crippen LogP contribution in [0.25, 0.3) is 16.6 Å². The summed E-state index contributed by atoms with van der Waals surface area (Å²) < 4.78 is 7.53. The van der Waals surface area contributed by atoms with Crippen molar-refractivity contribution in [1.82, 2.24) is 9.55 Å². The van der Waals surface area contributed by atoms with Gasteiger partial charge in [0.25, 0.3) is 5.56 Å². The first-order valence-electron chi connectivity index (χ1n) is 6.12. The number of nitrogens with zero attached hydrogens (tertiary/aromatic N) is 2. The highest BCUT2D eigenvalue weighted by atomic mass is 127. The normalized spacial score (nSPS) is 10.8. The van der Waals surface area contributed by atoms with E-state index in [9.17, 15) is 4.79 Å². The fraction of sp³-hybridized carbons (Fsp3) is 0.0667. The smallest absolute Gasteiger partial charge is 0.266 e. The quantitative estimate of drug-likeness (QED) is 0.477. The molecule has 0 aliphatic rings. The zero-order valence-electron chi connectivity index (χ0n) is 11.0. The molecule has 0 spiro atoms. The van der Waals surface area contributed by atoms with Gasteiger partial charge >= 0.3 is 0 Å². The molecule has 0 aliphatic heterocycles. The summed E-state index contributed by atoms with van der Waals surface area (Å²) in [7, 11) is 1.57. The number of benzene rings is 2. The summed E-state index contributed by atoms with van der Waals surface area (Å²) in [4.78, 5) is 17.0. The van der Waals surface area contributed by atoms with Crippen molar-refractivity contribution in [3.63, 3.8) is 0 Å². The standard InChI is InChI=1S/C15H10ClIN2O2/c1-21-11-4-2-3-10(8-11)19-14(20)12-7-9(17)5-6-13(12)18-15(19)16/h2-8H,1H3. The van der Waals surface area contributed by atoms with Crippen LogP contribution in [0.4, 0.5) is 0 Å². The lowest BCUT2D eigenvalue weighted by atomic mass is 10.2. The number of halogens is 2. The van der Waals surface area contributed by atoms with Gasteiger partial charge < -0.3 is 4.74 Å². The minimum Gasteiger partial charge on any atom is -0.497 e. The van der Waals surface area contributed by atoms with E-state index < -0.39 is 0 Å². The van der Waals surface area contributed by atoms with Crippen LogP contribution in [0.1, 0.15) is 0 Å². The average Bonchev–Trinajstić information content (AvgIpc) is 2.48. The Bertz CT molecular complexity index is 892. The largest absolute Gasteiger partial charge is 0.497 e. The summed E-state index contributed by atoms with van der Waals surface area (Å²) in [6, 6.07) is 12.6. The van der Waals surface area contributed by atoms with E-state index in [1.165, 1.54) is 4.57 Å². The van der Waals surface area contributed by atoms with Crippen LogP contribution in [0.3, 0.4) is 0 Å². The zero-order chi connectivity index (χ0) is 15.0. The van der Waals surface area contributed by atoms with Gasteiger partial charge in [-0.05, 0) is 64.5 Å². The molecule has 0 unspecified atom stereocenters. The first kappa shape index (κ1) is 14.3. The van der Waals surface area contributed by atoms with Crippen molar-refractivity contribution in [2.75, 3.05) is 7.11 Å². The lowest BCUT2D eigenvalue weighted by Crippen LogP contribution is -2.20. The van der Waals surface area contributed by atoms with Crippen LogP contribution in [-0.4, -0.2) is 16.7 Å². The molecule has 0 saturated carbocycles. The molecule has 0 atom stereocenters. The molecular weight excluding hydrogens is 403 g/mol. The molecule has 0 fully saturated rings. The van der Waals surface area contributed by atoms with E-state index in [-0.39, 0.29) is 10.8 Å². The van der Waals surface area contributed by atoms with E-state index in [1.807, 2.05) is 6.07 Å². The molecule has 0 N–H and O–H groups in total. The summed E-state index contributed by atoms with van der Waals surface area (Å²) in [5.41, 5.74) is 1.01.